The van der Waals surface area contributed by atoms with Crippen molar-refractivity contribution >= 4 is 67.4 Å². The molecule has 24 heavy (non-hydrogen) atoms. The fourth-order valence-electron chi connectivity index (χ4n) is 2.85. The van der Waals surface area contributed by atoms with Gasteiger partial charge >= 0.3 is 0 Å². The quantitative estimate of drug-likeness (QED) is 0.349. The van der Waals surface area contributed by atoms with Crippen LogP contribution in [0.3, 0.4) is 0 Å². The number of fused-ring (bicyclic) bond motifs is 2. The van der Waals surface area contributed by atoms with E-state index >= 15 is 0 Å². The van der Waals surface area contributed by atoms with Gasteiger partial charge in [-0.3, -0.25) is 9.59 Å². The highest BCUT2D eigenvalue weighted by molar-refractivity contribution is 6.67. The molecule has 0 bridgehead atoms. The van der Waals surface area contributed by atoms with Crippen LogP contribution in [-0.4, -0.2) is 10.5 Å². The Morgan fingerprint density at radius 3 is 1.17 bits per heavy atom. The zero-order valence-corrected chi connectivity index (χ0v) is 14.0. The zero-order valence-electron chi connectivity index (χ0n) is 12.5. The van der Waals surface area contributed by atoms with Gasteiger partial charge in [0.25, 0.3) is 0 Å². The van der Waals surface area contributed by atoms with Gasteiger partial charge in [0.05, 0.1) is 0 Å². The highest BCUT2D eigenvalue weighted by atomic mass is 35.5. The summed E-state index contributed by atoms with van der Waals surface area (Å²) in [4.78, 5) is 22.3. The van der Waals surface area contributed by atoms with Gasteiger partial charge < -0.3 is 0 Å². The van der Waals surface area contributed by atoms with Gasteiger partial charge in [-0.2, -0.15) is 0 Å². The number of halogens is 2. The Morgan fingerprint density at radius 1 is 0.625 bits per heavy atom. The second-order valence-electron chi connectivity index (χ2n) is 5.19. The van der Waals surface area contributed by atoms with Gasteiger partial charge in [0, 0.05) is 0 Å². The highest BCUT2D eigenvalue weighted by Gasteiger charge is 2.10. The Morgan fingerprint density at radius 2 is 0.917 bits per heavy atom. The van der Waals surface area contributed by atoms with E-state index in [9.17, 15) is 9.59 Å². The van der Waals surface area contributed by atoms with E-state index in [1.807, 2.05) is 48.5 Å². The maximum Gasteiger partial charge on any atom is 0.245 e. The van der Waals surface area contributed by atoms with Gasteiger partial charge in [0.2, 0.25) is 10.5 Å². The molecule has 0 radical (unpaired) electrons. The lowest BCUT2D eigenvalue weighted by Gasteiger charge is -2.12. The monoisotopic (exact) mass is 354 g/mol. The van der Waals surface area contributed by atoms with Gasteiger partial charge in [-0.15, -0.1) is 0 Å². The number of hydrogen-bond donors (Lipinski definition) is 0. The van der Waals surface area contributed by atoms with E-state index in [0.29, 0.717) is 0 Å². The summed E-state index contributed by atoms with van der Waals surface area (Å²) in [6.07, 6.45) is 6.13. The average molecular weight is 355 g/mol. The topological polar surface area (TPSA) is 34.1 Å². The summed E-state index contributed by atoms with van der Waals surface area (Å²) in [7, 11) is 0. The number of allylic oxidation sites excluding steroid dienone is 2. The van der Waals surface area contributed by atoms with Crippen LogP contribution in [0.1, 0.15) is 11.1 Å². The minimum Gasteiger partial charge on any atom is -0.276 e. The minimum atomic E-state index is -0.528. The van der Waals surface area contributed by atoms with Crippen molar-refractivity contribution in [3.8, 4) is 0 Å². The number of rotatable bonds is 4. The second-order valence-corrected chi connectivity index (χ2v) is 5.94. The second kappa shape index (κ2) is 7.00. The maximum atomic E-state index is 11.1. The first-order valence-corrected chi connectivity index (χ1v) is 8.02. The van der Waals surface area contributed by atoms with Crippen LogP contribution in [0.15, 0.2) is 60.7 Å². The molecule has 3 aromatic rings. The molecule has 118 valence electrons. The number of hydrogen-bond acceptors (Lipinski definition) is 2. The SMILES string of the molecule is O=C(Cl)C=Cc1c2ccccc2c(C=CC(=O)Cl)c2ccccc12. The molecule has 2 nitrogen and oxygen atoms in total. The van der Waals surface area contributed by atoms with Crippen LogP contribution >= 0.6 is 23.2 Å². The van der Waals surface area contributed by atoms with Gasteiger partial charge in [-0.25, -0.2) is 0 Å². The number of benzene rings is 3. The Bertz CT molecular complexity index is 878. The summed E-state index contributed by atoms with van der Waals surface area (Å²) < 4.78 is 0. The van der Waals surface area contributed by atoms with Crippen LogP contribution in [0, 0.1) is 0 Å². The first kappa shape index (κ1) is 16.4. The van der Waals surface area contributed by atoms with Crippen LogP contribution in [0.4, 0.5) is 0 Å². The third-order valence-electron chi connectivity index (χ3n) is 3.78. The molecule has 0 N–H and O–H groups in total. The molecule has 0 heterocycles. The lowest BCUT2D eigenvalue weighted by molar-refractivity contribution is -0.108. The van der Waals surface area contributed by atoms with E-state index in [4.69, 9.17) is 23.2 Å². The molecule has 0 aromatic heterocycles. The van der Waals surface area contributed by atoms with Crippen molar-refractivity contribution in [2.45, 2.75) is 0 Å². The maximum absolute atomic E-state index is 11.1. The van der Waals surface area contributed by atoms with Crippen molar-refractivity contribution in [2.75, 3.05) is 0 Å². The van der Waals surface area contributed by atoms with Gasteiger partial charge in [0.1, 0.15) is 0 Å². The van der Waals surface area contributed by atoms with E-state index in [1.165, 1.54) is 12.2 Å². The standard InChI is InChI=1S/C20H12Cl2O2/c21-19(23)11-9-17-13-5-1-2-6-14(13)18(10-12-20(22)24)16-8-4-3-7-15(16)17/h1-12H. The van der Waals surface area contributed by atoms with Crippen LogP contribution < -0.4 is 0 Å². The van der Waals surface area contributed by atoms with Crippen molar-refractivity contribution in [3.63, 3.8) is 0 Å². The summed E-state index contributed by atoms with van der Waals surface area (Å²) >= 11 is 10.9. The van der Waals surface area contributed by atoms with Crippen LogP contribution in [0.2, 0.25) is 0 Å². The molecule has 0 saturated carbocycles. The third kappa shape index (κ3) is 3.25. The molecule has 3 aromatic carbocycles. The van der Waals surface area contributed by atoms with Crippen LogP contribution in [0.25, 0.3) is 33.7 Å². The highest BCUT2D eigenvalue weighted by Crippen LogP contribution is 2.34. The summed E-state index contributed by atoms with van der Waals surface area (Å²) in [5.74, 6) is 0. The van der Waals surface area contributed by atoms with Crippen LogP contribution in [0.5, 0.6) is 0 Å². The number of carbonyl (C=O) groups excluding carboxylic acids is 2. The normalized spacial score (nSPS) is 11.8. The first-order valence-electron chi connectivity index (χ1n) is 7.26. The van der Waals surface area contributed by atoms with Crippen molar-refractivity contribution in [1.29, 1.82) is 0 Å². The Balaban J connectivity index is 2.45. The molecule has 0 aliphatic heterocycles. The largest absolute Gasteiger partial charge is 0.276 e. The molecule has 0 fully saturated rings. The molecule has 3 rings (SSSR count). The minimum absolute atomic E-state index is 0.528. The number of carbonyl (C=O) groups is 2. The summed E-state index contributed by atoms with van der Waals surface area (Å²) in [6, 6.07) is 15.6. The Hall–Kier alpha value is -2.42. The summed E-state index contributed by atoms with van der Waals surface area (Å²) in [5.41, 5.74) is 1.81. The fraction of sp³-hybridized carbons (Fsp3) is 0. The first-order chi connectivity index (χ1) is 11.6. The van der Waals surface area contributed by atoms with Gasteiger partial charge in [0.15, 0.2) is 0 Å². The summed E-state index contributed by atoms with van der Waals surface area (Å²) in [5, 5.41) is 2.80. The van der Waals surface area contributed by atoms with Crippen LogP contribution in [-0.2, 0) is 9.59 Å². The van der Waals surface area contributed by atoms with Crippen molar-refractivity contribution in [2.24, 2.45) is 0 Å². The van der Waals surface area contributed by atoms with E-state index in [2.05, 4.69) is 0 Å². The van der Waals surface area contributed by atoms with E-state index in [1.54, 1.807) is 12.2 Å². The molecule has 0 aliphatic rings. The molecular formula is C20H12Cl2O2. The molecular weight excluding hydrogens is 343 g/mol. The summed E-state index contributed by atoms with van der Waals surface area (Å²) in [6.45, 7) is 0. The molecule has 4 heteroatoms. The third-order valence-corrected chi connectivity index (χ3v) is 4.03. The molecule has 0 unspecified atom stereocenters. The molecule has 0 saturated heterocycles. The average Bonchev–Trinajstić information content (AvgIpc) is 2.57. The predicted octanol–water partition coefficient (Wildman–Crippen LogP) is 5.55. The fourth-order valence-corrected chi connectivity index (χ4v) is 2.98. The lowest BCUT2D eigenvalue weighted by atomic mass is 9.91. The molecule has 0 aliphatic carbocycles. The lowest BCUT2D eigenvalue weighted by Crippen LogP contribution is -1.89. The van der Waals surface area contributed by atoms with E-state index in [-0.39, 0.29) is 0 Å². The van der Waals surface area contributed by atoms with Gasteiger partial charge in [-0.05, 0) is 80.2 Å². The Kier molecular flexibility index (Phi) is 4.79. The van der Waals surface area contributed by atoms with Crippen molar-refractivity contribution in [1.82, 2.24) is 0 Å². The molecule has 0 spiro atoms. The zero-order chi connectivity index (χ0) is 17.1. The molecule has 0 atom stereocenters. The predicted molar refractivity (Wildman–Crippen MR) is 101 cm³/mol. The van der Waals surface area contributed by atoms with Gasteiger partial charge in [-0.1, -0.05) is 48.5 Å². The smallest absolute Gasteiger partial charge is 0.245 e. The van der Waals surface area contributed by atoms with Crippen molar-refractivity contribution in [3.05, 3.63) is 71.8 Å². The Labute approximate surface area is 149 Å². The van der Waals surface area contributed by atoms with Crippen molar-refractivity contribution < 1.29 is 9.59 Å². The van der Waals surface area contributed by atoms with E-state index in [0.717, 1.165) is 32.7 Å². The van der Waals surface area contributed by atoms with E-state index < -0.39 is 10.5 Å². The molecule has 0 amide bonds.